The van der Waals surface area contributed by atoms with Crippen LogP contribution >= 0.6 is 0 Å². The molecular formula is C10H17NO3. The molecule has 0 unspecified atom stereocenters. The predicted octanol–water partition coefficient (Wildman–Crippen LogP) is 1.16. The first kappa shape index (κ1) is 11.0. The molecule has 1 saturated carbocycles. The molecule has 2 N–H and O–H groups in total. The van der Waals surface area contributed by atoms with Crippen molar-refractivity contribution < 1.29 is 14.7 Å². The number of carbonyl (C=O) groups excluding carboxylic acids is 1. The van der Waals surface area contributed by atoms with Gasteiger partial charge in [-0.2, -0.15) is 0 Å². The minimum Gasteiger partial charge on any atom is -0.481 e. The Morgan fingerprint density at radius 3 is 2.43 bits per heavy atom. The molecule has 1 rings (SSSR count). The van der Waals surface area contributed by atoms with Gasteiger partial charge in [-0.05, 0) is 18.8 Å². The maximum Gasteiger partial charge on any atom is 0.303 e. The van der Waals surface area contributed by atoms with Gasteiger partial charge in [0, 0.05) is 13.0 Å². The Labute approximate surface area is 83.7 Å². The van der Waals surface area contributed by atoms with Crippen LogP contribution in [0.15, 0.2) is 0 Å². The summed E-state index contributed by atoms with van der Waals surface area (Å²) in [5.74, 6) is -0.441. The van der Waals surface area contributed by atoms with Crippen LogP contribution in [0.3, 0.4) is 0 Å². The number of carboxylic acid groups (broad SMARTS) is 1. The molecule has 0 aliphatic heterocycles. The largest absolute Gasteiger partial charge is 0.481 e. The first-order valence-corrected chi connectivity index (χ1v) is 5.17. The summed E-state index contributed by atoms with van der Waals surface area (Å²) in [6.07, 6.45) is 4.93. The van der Waals surface area contributed by atoms with Crippen molar-refractivity contribution in [2.24, 2.45) is 5.92 Å². The summed E-state index contributed by atoms with van der Waals surface area (Å²) in [5, 5.41) is 11.1. The SMILES string of the molecule is O=C(O)CCC(=O)NCC1CCCC1. The number of amides is 1. The third-order valence-corrected chi connectivity index (χ3v) is 2.63. The van der Waals surface area contributed by atoms with E-state index in [4.69, 9.17) is 5.11 Å². The fraction of sp³-hybridized carbons (Fsp3) is 0.800. The molecule has 0 aromatic rings. The van der Waals surface area contributed by atoms with Crippen LogP contribution in [0, 0.1) is 5.92 Å². The van der Waals surface area contributed by atoms with Crippen molar-refractivity contribution in [3.05, 3.63) is 0 Å². The Kier molecular flexibility index (Phi) is 4.43. The van der Waals surface area contributed by atoms with Crippen molar-refractivity contribution in [3.63, 3.8) is 0 Å². The molecule has 0 radical (unpaired) electrons. The standard InChI is InChI=1S/C10H17NO3/c12-9(5-6-10(13)14)11-7-8-3-1-2-4-8/h8H,1-7H2,(H,11,12)(H,13,14). The summed E-state index contributed by atoms with van der Waals surface area (Å²) >= 11 is 0. The van der Waals surface area contributed by atoms with Crippen molar-refractivity contribution in [1.29, 1.82) is 0 Å². The van der Waals surface area contributed by atoms with E-state index in [1.807, 2.05) is 0 Å². The maximum atomic E-state index is 11.1. The van der Waals surface area contributed by atoms with Gasteiger partial charge in [0.15, 0.2) is 0 Å². The van der Waals surface area contributed by atoms with Crippen LogP contribution < -0.4 is 5.32 Å². The molecule has 0 aromatic carbocycles. The lowest BCUT2D eigenvalue weighted by molar-refractivity contribution is -0.138. The van der Waals surface area contributed by atoms with Gasteiger partial charge in [-0.25, -0.2) is 0 Å². The second-order valence-electron chi connectivity index (χ2n) is 3.85. The Hall–Kier alpha value is -1.06. The summed E-state index contributed by atoms with van der Waals surface area (Å²) in [5.41, 5.74) is 0. The predicted molar refractivity (Wildman–Crippen MR) is 51.8 cm³/mol. The van der Waals surface area contributed by atoms with E-state index in [2.05, 4.69) is 5.32 Å². The summed E-state index contributed by atoms with van der Waals surface area (Å²) in [4.78, 5) is 21.3. The van der Waals surface area contributed by atoms with Gasteiger partial charge in [0.25, 0.3) is 0 Å². The zero-order chi connectivity index (χ0) is 10.4. The summed E-state index contributed by atoms with van der Waals surface area (Å²) in [6.45, 7) is 0.721. The molecule has 1 fully saturated rings. The van der Waals surface area contributed by atoms with E-state index in [9.17, 15) is 9.59 Å². The zero-order valence-electron chi connectivity index (χ0n) is 8.29. The van der Waals surface area contributed by atoms with Crippen molar-refractivity contribution in [3.8, 4) is 0 Å². The second kappa shape index (κ2) is 5.62. The number of nitrogens with one attached hydrogen (secondary N) is 1. The van der Waals surface area contributed by atoms with Crippen molar-refractivity contribution in [1.82, 2.24) is 5.32 Å². The Balaban J connectivity index is 2.05. The third kappa shape index (κ3) is 4.25. The van der Waals surface area contributed by atoms with E-state index in [1.54, 1.807) is 0 Å². The molecule has 0 heterocycles. The molecule has 0 aromatic heterocycles. The highest BCUT2D eigenvalue weighted by Gasteiger charge is 2.15. The van der Waals surface area contributed by atoms with E-state index in [0.717, 1.165) is 6.54 Å². The summed E-state index contributed by atoms with van der Waals surface area (Å²) < 4.78 is 0. The molecule has 1 aliphatic carbocycles. The van der Waals surface area contributed by atoms with Gasteiger partial charge in [-0.15, -0.1) is 0 Å². The highest BCUT2D eigenvalue weighted by Crippen LogP contribution is 2.23. The second-order valence-corrected chi connectivity index (χ2v) is 3.85. The highest BCUT2D eigenvalue weighted by atomic mass is 16.4. The number of carboxylic acids is 1. The van der Waals surface area contributed by atoms with Crippen molar-refractivity contribution in [2.45, 2.75) is 38.5 Å². The number of aliphatic carboxylic acids is 1. The first-order valence-electron chi connectivity index (χ1n) is 5.17. The van der Waals surface area contributed by atoms with Gasteiger partial charge in [0.2, 0.25) is 5.91 Å². The lowest BCUT2D eigenvalue weighted by Crippen LogP contribution is -2.28. The number of hydrogen-bond donors (Lipinski definition) is 2. The lowest BCUT2D eigenvalue weighted by Gasteiger charge is -2.09. The number of hydrogen-bond acceptors (Lipinski definition) is 2. The summed E-state index contributed by atoms with van der Waals surface area (Å²) in [7, 11) is 0. The molecule has 4 heteroatoms. The van der Waals surface area contributed by atoms with Gasteiger partial charge in [-0.1, -0.05) is 12.8 Å². The van der Waals surface area contributed by atoms with Crippen LogP contribution in [0.25, 0.3) is 0 Å². The van der Waals surface area contributed by atoms with Crippen LogP contribution in [0.4, 0.5) is 0 Å². The quantitative estimate of drug-likeness (QED) is 0.698. The van der Waals surface area contributed by atoms with E-state index >= 15 is 0 Å². The average Bonchev–Trinajstić information content (AvgIpc) is 2.63. The molecule has 0 bridgehead atoms. The average molecular weight is 199 g/mol. The monoisotopic (exact) mass is 199 g/mol. The molecular weight excluding hydrogens is 182 g/mol. The van der Waals surface area contributed by atoms with Crippen molar-refractivity contribution >= 4 is 11.9 Å². The van der Waals surface area contributed by atoms with E-state index < -0.39 is 5.97 Å². The van der Waals surface area contributed by atoms with Gasteiger partial charge < -0.3 is 10.4 Å². The van der Waals surface area contributed by atoms with Gasteiger partial charge in [0.05, 0.1) is 6.42 Å². The smallest absolute Gasteiger partial charge is 0.303 e. The minimum atomic E-state index is -0.916. The van der Waals surface area contributed by atoms with Crippen LogP contribution in [-0.2, 0) is 9.59 Å². The topological polar surface area (TPSA) is 66.4 Å². The fourth-order valence-electron chi connectivity index (χ4n) is 1.78. The maximum absolute atomic E-state index is 11.1. The van der Waals surface area contributed by atoms with Gasteiger partial charge in [-0.3, -0.25) is 9.59 Å². The number of rotatable bonds is 5. The normalized spacial score (nSPS) is 16.9. The molecule has 0 spiro atoms. The summed E-state index contributed by atoms with van der Waals surface area (Å²) in [6, 6.07) is 0. The third-order valence-electron chi connectivity index (χ3n) is 2.63. The molecule has 14 heavy (non-hydrogen) atoms. The van der Waals surface area contributed by atoms with Crippen LogP contribution in [0.5, 0.6) is 0 Å². The van der Waals surface area contributed by atoms with Crippen LogP contribution in [-0.4, -0.2) is 23.5 Å². The molecule has 1 aliphatic rings. The fourth-order valence-corrected chi connectivity index (χ4v) is 1.78. The highest BCUT2D eigenvalue weighted by molar-refractivity contribution is 5.80. The van der Waals surface area contributed by atoms with Crippen LogP contribution in [0.1, 0.15) is 38.5 Å². The molecule has 4 nitrogen and oxygen atoms in total. The van der Waals surface area contributed by atoms with Gasteiger partial charge in [0.1, 0.15) is 0 Å². The van der Waals surface area contributed by atoms with Crippen molar-refractivity contribution in [2.75, 3.05) is 6.54 Å². The van der Waals surface area contributed by atoms with Gasteiger partial charge >= 0.3 is 5.97 Å². The lowest BCUT2D eigenvalue weighted by atomic mass is 10.1. The van der Waals surface area contributed by atoms with E-state index in [1.165, 1.54) is 25.7 Å². The molecule has 1 amide bonds. The number of carbonyl (C=O) groups is 2. The molecule has 0 atom stereocenters. The Morgan fingerprint density at radius 1 is 1.21 bits per heavy atom. The molecule has 0 saturated heterocycles. The zero-order valence-corrected chi connectivity index (χ0v) is 8.29. The van der Waals surface area contributed by atoms with Crippen LogP contribution in [0.2, 0.25) is 0 Å². The minimum absolute atomic E-state index is 0.0729. The molecule has 80 valence electrons. The van der Waals surface area contributed by atoms with E-state index in [-0.39, 0.29) is 18.7 Å². The Bertz CT molecular complexity index is 209. The first-order chi connectivity index (χ1) is 6.68. The van der Waals surface area contributed by atoms with E-state index in [0.29, 0.717) is 5.92 Å². The Morgan fingerprint density at radius 2 is 1.86 bits per heavy atom.